The minimum atomic E-state index is 0.465. The van der Waals surface area contributed by atoms with Crippen molar-refractivity contribution < 1.29 is 4.68 Å². The molecule has 0 fully saturated rings. The fourth-order valence-electron chi connectivity index (χ4n) is 2.85. The van der Waals surface area contributed by atoms with Crippen LogP contribution in [0.5, 0.6) is 0 Å². The van der Waals surface area contributed by atoms with Crippen LogP contribution in [0.4, 0.5) is 0 Å². The van der Waals surface area contributed by atoms with Gasteiger partial charge in [-0.1, -0.05) is 36.4 Å². The third kappa shape index (κ3) is 3.19. The molecule has 0 bridgehead atoms. The Bertz CT molecular complexity index is 780. The van der Waals surface area contributed by atoms with Gasteiger partial charge in [0.15, 0.2) is 7.05 Å². The van der Waals surface area contributed by atoms with E-state index < -0.39 is 0 Å². The molecule has 1 aromatic heterocycles. The topological polar surface area (TPSA) is 24.4 Å². The van der Waals surface area contributed by atoms with Crippen molar-refractivity contribution in [2.75, 3.05) is 7.05 Å². The molecule has 4 rings (SSSR count). The van der Waals surface area contributed by atoms with E-state index in [1.807, 2.05) is 12.1 Å². The number of hydrazone groups is 1. The molecule has 0 spiro atoms. The summed E-state index contributed by atoms with van der Waals surface area (Å²) in [7, 11) is 6.17. The van der Waals surface area contributed by atoms with Crippen LogP contribution in [0.1, 0.15) is 0 Å². The van der Waals surface area contributed by atoms with Crippen molar-refractivity contribution in [3.63, 3.8) is 0 Å². The zero-order valence-corrected chi connectivity index (χ0v) is 17.6. The summed E-state index contributed by atoms with van der Waals surface area (Å²) in [6.07, 6.45) is 8.58. The average Bonchev–Trinajstić information content (AvgIpc) is 2.99. The van der Waals surface area contributed by atoms with E-state index in [9.17, 15) is 0 Å². The molecule has 23 heavy (non-hydrogen) atoms. The number of fused-ring (bicyclic) bond motifs is 2. The second kappa shape index (κ2) is 6.92. The molecule has 2 heterocycles. The van der Waals surface area contributed by atoms with Gasteiger partial charge in [-0.2, -0.15) is 5.10 Å². The molecule has 0 saturated carbocycles. The van der Waals surface area contributed by atoms with Crippen molar-refractivity contribution in [1.82, 2.24) is 9.69 Å². The summed E-state index contributed by atoms with van der Waals surface area (Å²) in [6.45, 7) is 0. The molecule has 0 radical (unpaired) electrons. The molecule has 2 unspecified atom stereocenters. The first-order valence-electron chi connectivity index (χ1n) is 7.41. The van der Waals surface area contributed by atoms with E-state index in [0.29, 0.717) is 12.0 Å². The minimum absolute atomic E-state index is 0.465. The van der Waals surface area contributed by atoms with Crippen LogP contribution in [0, 0.1) is 9.62 Å². The Morgan fingerprint density at radius 1 is 1.09 bits per heavy atom. The Morgan fingerprint density at radius 3 is 2.48 bits per heavy atom. The maximum absolute atomic E-state index is 4.37. The molecular formula is C17H19I2N4+. The number of rotatable bonds is 0. The van der Waals surface area contributed by atoms with Crippen molar-refractivity contribution in [3.05, 3.63) is 52.3 Å². The SMILES string of the molecule is CN1N=C(I)C2C=CC=CC21.Cn1c(I)c2ccccc2[n+]1C. The van der Waals surface area contributed by atoms with Crippen LogP contribution in [0.15, 0.2) is 53.7 Å². The van der Waals surface area contributed by atoms with Crippen molar-refractivity contribution in [1.29, 1.82) is 0 Å². The molecule has 1 aliphatic carbocycles. The Labute approximate surface area is 163 Å². The lowest BCUT2D eigenvalue weighted by atomic mass is 9.97. The maximum Gasteiger partial charge on any atom is 0.239 e. The molecule has 1 aromatic carbocycles. The third-order valence-electron chi connectivity index (χ3n) is 4.27. The van der Waals surface area contributed by atoms with Crippen LogP contribution < -0.4 is 4.68 Å². The zero-order chi connectivity index (χ0) is 16.6. The van der Waals surface area contributed by atoms with Crippen LogP contribution >= 0.6 is 45.2 Å². The predicted octanol–water partition coefficient (Wildman–Crippen LogP) is 3.40. The van der Waals surface area contributed by atoms with Gasteiger partial charge in [-0.05, 0) is 51.2 Å². The number of hydrogen-bond donors (Lipinski definition) is 0. The summed E-state index contributed by atoms with van der Waals surface area (Å²) < 4.78 is 6.77. The number of halogens is 2. The van der Waals surface area contributed by atoms with Gasteiger partial charge in [0.25, 0.3) is 0 Å². The first kappa shape index (κ1) is 16.9. The third-order valence-corrected chi connectivity index (χ3v) is 6.49. The number of aryl methyl sites for hydroxylation is 1. The first-order chi connectivity index (χ1) is 11.0. The summed E-state index contributed by atoms with van der Waals surface area (Å²) in [5, 5.41) is 7.71. The Morgan fingerprint density at radius 2 is 1.78 bits per heavy atom. The number of hydrogen-bond acceptors (Lipinski definition) is 2. The van der Waals surface area contributed by atoms with Crippen molar-refractivity contribution in [2.45, 2.75) is 6.04 Å². The fourth-order valence-corrected chi connectivity index (χ4v) is 4.55. The second-order valence-corrected chi connectivity index (χ2v) is 7.76. The zero-order valence-electron chi connectivity index (χ0n) is 13.3. The fraction of sp³-hybridized carbons (Fsp3) is 0.294. The molecule has 2 atom stereocenters. The summed E-state index contributed by atoms with van der Waals surface area (Å²) >= 11 is 4.67. The van der Waals surface area contributed by atoms with E-state index in [0.717, 1.165) is 0 Å². The van der Waals surface area contributed by atoms with Gasteiger partial charge in [-0.3, -0.25) is 5.01 Å². The lowest BCUT2D eigenvalue weighted by Gasteiger charge is -2.20. The lowest BCUT2D eigenvalue weighted by Crippen LogP contribution is -2.37. The predicted molar refractivity (Wildman–Crippen MR) is 112 cm³/mol. The van der Waals surface area contributed by atoms with Crippen LogP contribution in [-0.2, 0) is 14.1 Å². The molecule has 4 nitrogen and oxygen atoms in total. The summed E-state index contributed by atoms with van der Waals surface area (Å²) in [5.41, 5.74) is 1.28. The van der Waals surface area contributed by atoms with E-state index >= 15 is 0 Å². The Kier molecular flexibility index (Phi) is 5.10. The van der Waals surface area contributed by atoms with Gasteiger partial charge in [0.2, 0.25) is 5.52 Å². The highest BCUT2D eigenvalue weighted by atomic mass is 127. The number of likely N-dealkylation sites (N-methyl/N-ethyl adjacent to an activating group) is 1. The van der Waals surface area contributed by atoms with Crippen molar-refractivity contribution >= 4 is 59.8 Å². The first-order valence-corrected chi connectivity index (χ1v) is 9.57. The van der Waals surface area contributed by atoms with Crippen LogP contribution in [0.25, 0.3) is 10.9 Å². The highest BCUT2D eigenvalue weighted by molar-refractivity contribution is 14.1. The number of allylic oxidation sites excluding steroid dienone is 2. The number of para-hydroxylation sites is 1. The highest BCUT2D eigenvalue weighted by Gasteiger charge is 2.31. The summed E-state index contributed by atoms with van der Waals surface area (Å²) in [4.78, 5) is 0. The monoisotopic (exact) mass is 533 g/mol. The van der Waals surface area contributed by atoms with E-state index in [4.69, 9.17) is 0 Å². The molecule has 2 aliphatic rings. The quantitative estimate of drug-likeness (QED) is 0.377. The number of benzene rings is 1. The largest absolute Gasteiger partial charge is 0.291 e. The average molecular weight is 533 g/mol. The molecule has 1 aliphatic heterocycles. The number of aromatic nitrogens is 2. The smallest absolute Gasteiger partial charge is 0.239 e. The lowest BCUT2D eigenvalue weighted by molar-refractivity contribution is -0.729. The van der Waals surface area contributed by atoms with Crippen molar-refractivity contribution in [2.24, 2.45) is 25.1 Å². The van der Waals surface area contributed by atoms with E-state index in [2.05, 4.69) is 122 Å². The van der Waals surface area contributed by atoms with Gasteiger partial charge in [0.05, 0.1) is 24.4 Å². The molecule has 0 N–H and O–H groups in total. The number of nitrogens with zero attached hydrogens (tertiary/aromatic N) is 4. The molecule has 120 valence electrons. The molecule has 6 heteroatoms. The molecule has 0 amide bonds. The van der Waals surface area contributed by atoms with Gasteiger partial charge in [-0.25, -0.2) is 0 Å². The summed E-state index contributed by atoms with van der Waals surface area (Å²) in [5.74, 6) is 0.505. The van der Waals surface area contributed by atoms with E-state index in [-0.39, 0.29) is 0 Å². The maximum atomic E-state index is 4.37. The molecule has 0 saturated heterocycles. The standard InChI is InChI=1S/C9H10IN2.C8H9IN2/c1-11-8-6-4-3-5-7(8)9(10)12(11)2;1-11-7-5-3-2-4-6(7)8(9)10-11/h3-6H,1-2H3;2-7H,1H3/q+1;. The molecule has 2 aromatic rings. The van der Waals surface area contributed by atoms with E-state index in [1.54, 1.807) is 0 Å². The second-order valence-electron chi connectivity index (χ2n) is 5.64. The van der Waals surface area contributed by atoms with Crippen LogP contribution in [-0.4, -0.2) is 26.5 Å². The van der Waals surface area contributed by atoms with Crippen LogP contribution in [0.3, 0.4) is 0 Å². The van der Waals surface area contributed by atoms with Gasteiger partial charge < -0.3 is 0 Å². The summed E-state index contributed by atoms with van der Waals surface area (Å²) in [6, 6.07) is 8.89. The Hall–Kier alpha value is -0.900. The van der Waals surface area contributed by atoms with Gasteiger partial charge in [0.1, 0.15) is 7.42 Å². The van der Waals surface area contributed by atoms with Crippen LogP contribution in [0.2, 0.25) is 0 Å². The van der Waals surface area contributed by atoms with Gasteiger partial charge in [0, 0.05) is 13.1 Å². The Balaban J connectivity index is 0.000000136. The highest BCUT2D eigenvalue weighted by Crippen LogP contribution is 2.28. The minimum Gasteiger partial charge on any atom is -0.291 e. The van der Waals surface area contributed by atoms with Gasteiger partial charge in [-0.15, -0.1) is 9.36 Å². The van der Waals surface area contributed by atoms with Crippen molar-refractivity contribution in [3.8, 4) is 0 Å². The van der Waals surface area contributed by atoms with Gasteiger partial charge >= 0.3 is 0 Å². The molecular weight excluding hydrogens is 514 g/mol. The normalized spacial score (nSPS) is 22.0. The van der Waals surface area contributed by atoms with E-state index in [1.165, 1.54) is 18.3 Å².